The average molecular weight is 129 g/mol. The number of hydrogen-bond donors (Lipinski definition) is 0. The van der Waals surface area contributed by atoms with Crippen molar-refractivity contribution < 1.29 is 0 Å². The summed E-state index contributed by atoms with van der Waals surface area (Å²) in [4.78, 5) is 3.06. The third-order valence-corrected chi connectivity index (χ3v) is 3.67. The van der Waals surface area contributed by atoms with Crippen molar-refractivity contribution in [2.24, 2.45) is 0 Å². The maximum absolute atomic E-state index is 2.30. The van der Waals surface area contributed by atoms with Gasteiger partial charge in [-0.05, 0) is 0 Å². The summed E-state index contributed by atoms with van der Waals surface area (Å²) in [7, 11) is 0. The van der Waals surface area contributed by atoms with Gasteiger partial charge in [0.2, 0.25) is 0 Å². The molecule has 0 bridgehead atoms. The Morgan fingerprint density at radius 3 is 1.60 bits per heavy atom. The number of rotatable bonds is 2. The van der Waals surface area contributed by atoms with Crippen molar-refractivity contribution in [1.29, 1.82) is 0 Å². The molecule has 1 heteroatoms. The van der Waals surface area contributed by atoms with Crippen LogP contribution in [-0.4, -0.2) is 17.4 Å². The van der Waals surface area contributed by atoms with Crippen molar-refractivity contribution in [3.63, 3.8) is 0 Å². The van der Waals surface area contributed by atoms with E-state index in [1.165, 1.54) is 9.95 Å². The van der Waals surface area contributed by atoms with Gasteiger partial charge in [0, 0.05) is 0 Å². The first-order chi connectivity index (χ1) is 2.41. The van der Waals surface area contributed by atoms with E-state index in [4.69, 9.17) is 0 Å². The molecule has 0 heterocycles. The Morgan fingerprint density at radius 1 is 1.20 bits per heavy atom. The molecule has 0 nitrogen and oxygen atoms in total. The zero-order valence-corrected chi connectivity index (χ0v) is 7.09. The molecule has 0 amide bonds. The Labute approximate surface area is 41.7 Å². The molecule has 30 valence electrons. The summed E-state index contributed by atoms with van der Waals surface area (Å²) < 4.78 is 0. The van der Waals surface area contributed by atoms with Gasteiger partial charge in [0.05, 0.1) is 0 Å². The van der Waals surface area contributed by atoms with Gasteiger partial charge >= 0.3 is 41.2 Å². The molecule has 0 unspecified atom stereocenters. The first-order valence-corrected chi connectivity index (χ1v) is 6.61. The molecule has 0 saturated heterocycles. The molecule has 0 N–H and O–H groups in total. The molecule has 0 aromatic heterocycles. The summed E-state index contributed by atoms with van der Waals surface area (Å²) in [5.74, 6) is 0. The molecule has 0 rings (SSSR count). The minimum atomic E-state index is 0.0972. The first-order valence-electron chi connectivity index (χ1n) is 2.41. The van der Waals surface area contributed by atoms with E-state index < -0.39 is 0 Å². The van der Waals surface area contributed by atoms with Gasteiger partial charge in [-0.1, -0.05) is 0 Å². The summed E-state index contributed by atoms with van der Waals surface area (Å²) in [6.45, 7) is 4.59. The van der Waals surface area contributed by atoms with Crippen LogP contribution < -0.4 is 0 Å². The topological polar surface area (TPSA) is 0 Å². The van der Waals surface area contributed by atoms with Crippen LogP contribution in [0, 0.1) is 0 Å². The summed E-state index contributed by atoms with van der Waals surface area (Å²) in [5.41, 5.74) is 0. The van der Waals surface area contributed by atoms with E-state index in [2.05, 4.69) is 13.8 Å². The van der Waals surface area contributed by atoms with Crippen LogP contribution in [0.25, 0.3) is 0 Å². The van der Waals surface area contributed by atoms with E-state index in [1.807, 2.05) is 0 Å². The van der Waals surface area contributed by atoms with Gasteiger partial charge in [0.1, 0.15) is 0 Å². The van der Waals surface area contributed by atoms with Crippen LogP contribution in [0.5, 0.6) is 0 Å². The van der Waals surface area contributed by atoms with Crippen LogP contribution in [-0.2, 0) is 0 Å². The molecule has 0 fully saturated rings. The molecule has 0 aliphatic rings. The van der Waals surface area contributed by atoms with Gasteiger partial charge in [-0.3, -0.25) is 0 Å². The van der Waals surface area contributed by atoms with Gasteiger partial charge in [0.25, 0.3) is 0 Å². The standard InChI is InChI=1S/2C2H5.Ga.H/c2*1-2;;/h2*1H2,2H3;;. The van der Waals surface area contributed by atoms with Crippen molar-refractivity contribution in [1.82, 2.24) is 0 Å². The Bertz CT molecular complexity index is 11.1. The Hall–Kier alpha value is 0.636. The van der Waals surface area contributed by atoms with Gasteiger partial charge in [-0.25, -0.2) is 0 Å². The van der Waals surface area contributed by atoms with Crippen molar-refractivity contribution in [2.75, 3.05) is 0 Å². The van der Waals surface area contributed by atoms with E-state index in [1.54, 1.807) is 0 Å². The predicted octanol–water partition coefficient (Wildman–Crippen LogP) is 1.30. The third kappa shape index (κ3) is 4.64. The molecule has 0 aromatic carbocycles. The molecule has 0 aromatic rings. The van der Waals surface area contributed by atoms with Crippen LogP contribution in [0.4, 0.5) is 0 Å². The molecule has 0 spiro atoms. The van der Waals surface area contributed by atoms with Crippen molar-refractivity contribution in [2.45, 2.75) is 23.8 Å². The minimum absolute atomic E-state index is 0.0972. The monoisotopic (exact) mass is 128 g/mol. The van der Waals surface area contributed by atoms with Crippen molar-refractivity contribution in [3.05, 3.63) is 0 Å². The van der Waals surface area contributed by atoms with E-state index in [0.29, 0.717) is 0 Å². The average Bonchev–Trinajstić information content (AvgIpc) is 1.41. The van der Waals surface area contributed by atoms with Crippen molar-refractivity contribution in [3.8, 4) is 0 Å². The number of hydrogen-bond acceptors (Lipinski definition) is 0. The molecule has 0 aliphatic heterocycles. The zero-order chi connectivity index (χ0) is 4.12. The summed E-state index contributed by atoms with van der Waals surface area (Å²) in [6.07, 6.45) is 0. The normalized spacial score (nSPS) is 7.60. The molecular weight excluding hydrogens is 118 g/mol. The third-order valence-electron chi connectivity index (χ3n) is 0.707. The van der Waals surface area contributed by atoms with E-state index in [0.717, 1.165) is 0 Å². The quantitative estimate of drug-likeness (QED) is 0.492. The zero-order valence-electron chi connectivity index (χ0n) is 4.12. The summed E-state index contributed by atoms with van der Waals surface area (Å²) >= 11 is 0.0972. The molecule has 0 radical (unpaired) electrons. The fourth-order valence-electron chi connectivity index (χ4n) is 0.354. The van der Waals surface area contributed by atoms with Crippen LogP contribution in [0.3, 0.4) is 0 Å². The molecular formula is C4H11Ga. The Balaban J connectivity index is 2.19. The maximum atomic E-state index is 2.30. The molecule has 0 atom stereocenters. The van der Waals surface area contributed by atoms with Gasteiger partial charge in [-0.2, -0.15) is 0 Å². The van der Waals surface area contributed by atoms with Gasteiger partial charge in [0.15, 0.2) is 0 Å². The predicted molar refractivity (Wildman–Crippen MR) is 28.1 cm³/mol. The van der Waals surface area contributed by atoms with Crippen LogP contribution in [0.1, 0.15) is 13.8 Å². The van der Waals surface area contributed by atoms with Crippen LogP contribution in [0.2, 0.25) is 9.95 Å². The van der Waals surface area contributed by atoms with Crippen LogP contribution >= 0.6 is 0 Å². The fraction of sp³-hybridized carbons (Fsp3) is 1.00. The molecule has 0 aliphatic carbocycles. The summed E-state index contributed by atoms with van der Waals surface area (Å²) in [5, 5.41) is 0. The second kappa shape index (κ2) is 4.64. The van der Waals surface area contributed by atoms with Gasteiger partial charge in [-0.15, -0.1) is 0 Å². The first kappa shape index (κ1) is 5.64. The summed E-state index contributed by atoms with van der Waals surface area (Å²) in [6, 6.07) is 0. The second-order valence-electron chi connectivity index (χ2n) is 1.35. The van der Waals surface area contributed by atoms with E-state index in [-0.39, 0.29) is 17.4 Å². The van der Waals surface area contributed by atoms with Gasteiger partial charge < -0.3 is 0 Å². The fourth-order valence-corrected chi connectivity index (χ4v) is 1.84. The molecule has 5 heavy (non-hydrogen) atoms. The Morgan fingerprint density at radius 2 is 1.60 bits per heavy atom. The Kier molecular flexibility index (Phi) is 5.23. The van der Waals surface area contributed by atoms with Crippen molar-refractivity contribution >= 4 is 17.4 Å². The van der Waals surface area contributed by atoms with E-state index in [9.17, 15) is 0 Å². The second-order valence-corrected chi connectivity index (χ2v) is 7.03. The van der Waals surface area contributed by atoms with E-state index >= 15 is 0 Å². The molecule has 0 saturated carbocycles. The van der Waals surface area contributed by atoms with Crippen LogP contribution in [0.15, 0.2) is 0 Å². The SMILES string of the molecule is C[CH2][GaH][CH2]C.